The Morgan fingerprint density at radius 2 is 1.96 bits per heavy atom. The van der Waals surface area contributed by atoms with Crippen LogP contribution in [0.2, 0.25) is 0 Å². The zero-order valence-electron chi connectivity index (χ0n) is 11.9. The number of carbonyl (C=O) groups excluding carboxylic acids is 1. The molecular weight excluding hydrogens is 302 g/mol. The maximum absolute atomic E-state index is 13.1. The fourth-order valence-electron chi connectivity index (χ4n) is 2.06. The van der Waals surface area contributed by atoms with Crippen LogP contribution in [0, 0.1) is 11.6 Å². The third kappa shape index (κ3) is 3.57. The van der Waals surface area contributed by atoms with Crippen LogP contribution in [-0.4, -0.2) is 20.7 Å². The van der Waals surface area contributed by atoms with Crippen molar-refractivity contribution in [1.82, 2.24) is 20.1 Å². The van der Waals surface area contributed by atoms with Crippen molar-refractivity contribution in [2.45, 2.75) is 6.54 Å². The molecule has 0 fully saturated rings. The highest BCUT2D eigenvalue weighted by Crippen LogP contribution is 2.09. The van der Waals surface area contributed by atoms with Gasteiger partial charge < -0.3 is 5.32 Å². The molecule has 3 rings (SSSR count). The Kier molecular flexibility index (Phi) is 4.09. The number of amides is 1. The van der Waals surface area contributed by atoms with Crippen molar-refractivity contribution in [3.63, 3.8) is 0 Å². The van der Waals surface area contributed by atoms with E-state index in [1.165, 1.54) is 18.3 Å². The van der Waals surface area contributed by atoms with Crippen molar-refractivity contribution in [2.75, 3.05) is 0 Å². The van der Waals surface area contributed by atoms with E-state index in [0.29, 0.717) is 16.9 Å². The van der Waals surface area contributed by atoms with Crippen molar-refractivity contribution in [3.05, 3.63) is 77.8 Å². The molecule has 0 spiro atoms. The molecule has 0 radical (unpaired) electrons. The van der Waals surface area contributed by atoms with Gasteiger partial charge in [-0.25, -0.2) is 18.4 Å². The second-order valence-electron chi connectivity index (χ2n) is 4.82. The molecule has 116 valence electrons. The first kappa shape index (κ1) is 14.8. The predicted molar refractivity (Wildman–Crippen MR) is 78.9 cm³/mol. The van der Waals surface area contributed by atoms with Crippen molar-refractivity contribution in [1.29, 1.82) is 0 Å². The van der Waals surface area contributed by atoms with Crippen LogP contribution in [0.25, 0.3) is 5.82 Å². The molecule has 0 saturated carbocycles. The summed E-state index contributed by atoms with van der Waals surface area (Å²) in [5, 5.41) is 6.63. The van der Waals surface area contributed by atoms with Crippen LogP contribution in [-0.2, 0) is 6.54 Å². The molecule has 2 heterocycles. The van der Waals surface area contributed by atoms with Gasteiger partial charge in [-0.1, -0.05) is 0 Å². The largest absolute Gasteiger partial charge is 0.348 e. The third-order valence-electron chi connectivity index (χ3n) is 3.12. The number of rotatable bonds is 4. The highest BCUT2D eigenvalue weighted by atomic mass is 19.1. The summed E-state index contributed by atoms with van der Waals surface area (Å²) in [6.45, 7) is 0.0222. The molecule has 23 heavy (non-hydrogen) atoms. The van der Waals surface area contributed by atoms with Gasteiger partial charge in [-0.2, -0.15) is 5.10 Å². The normalized spacial score (nSPS) is 10.5. The maximum Gasteiger partial charge on any atom is 0.253 e. The summed E-state index contributed by atoms with van der Waals surface area (Å²) in [5.41, 5.74) is 0.690. The summed E-state index contributed by atoms with van der Waals surface area (Å²) < 4.78 is 27.7. The standard InChI is InChI=1S/C16H12F2N4O/c17-13-6-11(7-14(18)8-13)9-20-16(23)12-2-3-15(19-10-12)22-5-1-4-21-22/h1-8,10H,9H2,(H,20,23). The zero-order valence-corrected chi connectivity index (χ0v) is 11.9. The lowest BCUT2D eigenvalue weighted by Crippen LogP contribution is -2.23. The highest BCUT2D eigenvalue weighted by molar-refractivity contribution is 5.93. The van der Waals surface area contributed by atoms with Crippen LogP contribution >= 0.6 is 0 Å². The Balaban J connectivity index is 1.66. The van der Waals surface area contributed by atoms with Gasteiger partial charge in [0.2, 0.25) is 0 Å². The van der Waals surface area contributed by atoms with Crippen molar-refractivity contribution >= 4 is 5.91 Å². The molecule has 3 aromatic rings. The Morgan fingerprint density at radius 3 is 2.57 bits per heavy atom. The molecule has 1 aromatic carbocycles. The average molecular weight is 314 g/mol. The Bertz CT molecular complexity index is 796. The number of hydrogen-bond acceptors (Lipinski definition) is 3. The minimum absolute atomic E-state index is 0.0222. The quantitative estimate of drug-likeness (QED) is 0.805. The number of pyridine rings is 1. The molecular formula is C16H12F2N4O. The SMILES string of the molecule is O=C(NCc1cc(F)cc(F)c1)c1ccc(-n2cccn2)nc1. The molecule has 1 amide bonds. The summed E-state index contributed by atoms with van der Waals surface area (Å²) in [4.78, 5) is 16.2. The monoisotopic (exact) mass is 314 g/mol. The van der Waals surface area contributed by atoms with Gasteiger partial charge >= 0.3 is 0 Å². The summed E-state index contributed by atoms with van der Waals surface area (Å²) in [5.74, 6) is -1.16. The molecule has 0 unspecified atom stereocenters. The Labute approximate surface area is 130 Å². The Hall–Kier alpha value is -3.09. The molecule has 0 aliphatic rings. The van der Waals surface area contributed by atoms with Crippen molar-refractivity contribution < 1.29 is 13.6 Å². The summed E-state index contributed by atoms with van der Waals surface area (Å²) >= 11 is 0. The number of nitrogens with zero attached hydrogens (tertiary/aromatic N) is 3. The van der Waals surface area contributed by atoms with Gasteiger partial charge in [0, 0.05) is 31.2 Å². The number of halogens is 2. The summed E-state index contributed by atoms with van der Waals surface area (Å²) in [6.07, 6.45) is 4.78. The molecule has 2 aromatic heterocycles. The van der Waals surface area contributed by atoms with Crippen LogP contribution in [0.3, 0.4) is 0 Å². The molecule has 0 bridgehead atoms. The molecule has 0 saturated heterocycles. The minimum atomic E-state index is -0.681. The lowest BCUT2D eigenvalue weighted by atomic mass is 10.2. The second kappa shape index (κ2) is 6.35. The van der Waals surface area contributed by atoms with Crippen molar-refractivity contribution in [2.24, 2.45) is 0 Å². The van der Waals surface area contributed by atoms with Crippen LogP contribution in [0.5, 0.6) is 0 Å². The predicted octanol–water partition coefficient (Wildman–Crippen LogP) is 2.48. The fourth-order valence-corrected chi connectivity index (χ4v) is 2.06. The lowest BCUT2D eigenvalue weighted by molar-refractivity contribution is 0.0950. The van der Waals surface area contributed by atoms with E-state index in [2.05, 4.69) is 15.4 Å². The first-order valence-electron chi connectivity index (χ1n) is 6.81. The topological polar surface area (TPSA) is 59.8 Å². The fraction of sp³-hybridized carbons (Fsp3) is 0.0625. The van der Waals surface area contributed by atoms with Crippen LogP contribution < -0.4 is 5.32 Å². The average Bonchev–Trinajstić information content (AvgIpc) is 3.06. The highest BCUT2D eigenvalue weighted by Gasteiger charge is 2.08. The van der Waals surface area contributed by atoms with Gasteiger partial charge in [0.1, 0.15) is 11.6 Å². The van der Waals surface area contributed by atoms with Crippen LogP contribution in [0.1, 0.15) is 15.9 Å². The van der Waals surface area contributed by atoms with Gasteiger partial charge in [-0.15, -0.1) is 0 Å². The number of nitrogens with one attached hydrogen (secondary N) is 1. The smallest absolute Gasteiger partial charge is 0.253 e. The molecule has 5 nitrogen and oxygen atoms in total. The number of hydrogen-bond donors (Lipinski definition) is 1. The second-order valence-corrected chi connectivity index (χ2v) is 4.82. The Morgan fingerprint density at radius 1 is 1.17 bits per heavy atom. The first-order chi connectivity index (χ1) is 11.1. The molecule has 0 aliphatic carbocycles. The lowest BCUT2D eigenvalue weighted by Gasteiger charge is -2.06. The minimum Gasteiger partial charge on any atom is -0.348 e. The van der Waals surface area contributed by atoms with Gasteiger partial charge in [-0.05, 0) is 35.9 Å². The number of aromatic nitrogens is 3. The van der Waals surface area contributed by atoms with E-state index in [0.717, 1.165) is 6.07 Å². The van der Waals surface area contributed by atoms with Gasteiger partial charge in [0.05, 0.1) is 5.56 Å². The number of carbonyl (C=O) groups is 1. The van der Waals surface area contributed by atoms with Gasteiger partial charge in [0.25, 0.3) is 5.91 Å². The van der Waals surface area contributed by atoms with E-state index in [1.807, 2.05) is 0 Å². The van der Waals surface area contributed by atoms with E-state index >= 15 is 0 Å². The van der Waals surface area contributed by atoms with Crippen LogP contribution in [0.4, 0.5) is 8.78 Å². The van der Waals surface area contributed by atoms with E-state index in [-0.39, 0.29) is 12.5 Å². The van der Waals surface area contributed by atoms with Gasteiger partial charge in [-0.3, -0.25) is 4.79 Å². The van der Waals surface area contributed by atoms with Gasteiger partial charge in [0.15, 0.2) is 5.82 Å². The van der Waals surface area contributed by atoms with Crippen LogP contribution in [0.15, 0.2) is 55.0 Å². The summed E-state index contributed by atoms with van der Waals surface area (Å²) in [7, 11) is 0. The zero-order chi connectivity index (χ0) is 16.2. The maximum atomic E-state index is 13.1. The number of benzene rings is 1. The molecule has 1 N–H and O–H groups in total. The molecule has 0 aliphatic heterocycles. The summed E-state index contributed by atoms with van der Waals surface area (Å²) in [6, 6.07) is 8.14. The van der Waals surface area contributed by atoms with Crippen molar-refractivity contribution in [3.8, 4) is 5.82 Å². The third-order valence-corrected chi connectivity index (χ3v) is 3.12. The van der Waals surface area contributed by atoms with E-state index in [4.69, 9.17) is 0 Å². The first-order valence-corrected chi connectivity index (χ1v) is 6.81. The van der Waals surface area contributed by atoms with E-state index in [9.17, 15) is 13.6 Å². The molecule has 7 heteroatoms. The van der Waals surface area contributed by atoms with E-state index < -0.39 is 11.6 Å². The van der Waals surface area contributed by atoms with E-state index in [1.54, 1.807) is 35.3 Å². The molecule has 0 atom stereocenters.